The van der Waals surface area contributed by atoms with Gasteiger partial charge in [-0.05, 0) is 45.2 Å². The Morgan fingerprint density at radius 3 is 2.43 bits per heavy atom. The number of halogens is 1. The summed E-state index contributed by atoms with van der Waals surface area (Å²) in [7, 11) is 1.62. The average Bonchev–Trinajstić information content (AvgIpc) is 3.63. The van der Waals surface area contributed by atoms with Crippen LogP contribution >= 0.6 is 11.6 Å². The van der Waals surface area contributed by atoms with E-state index in [1.165, 1.54) is 44.3 Å². The van der Waals surface area contributed by atoms with E-state index in [4.69, 9.17) is 26.3 Å². The van der Waals surface area contributed by atoms with Crippen molar-refractivity contribution in [2.75, 3.05) is 49.6 Å². The number of nitrogens with one attached hydrogen (secondary N) is 2. The fraction of sp³-hybridized carbons (Fsp3) is 0.500. The minimum atomic E-state index is 0.100. The quantitative estimate of drug-likeness (QED) is 0.478. The van der Waals surface area contributed by atoms with Crippen LogP contribution in [0.15, 0.2) is 30.3 Å². The summed E-state index contributed by atoms with van der Waals surface area (Å²) in [5, 5.41) is 19.6. The monoisotopic (exact) mass is 522 g/mol. The van der Waals surface area contributed by atoms with E-state index < -0.39 is 0 Å². The number of benzene rings is 2. The van der Waals surface area contributed by atoms with Crippen molar-refractivity contribution in [3.8, 4) is 11.8 Å². The normalized spacial score (nSPS) is 22.5. The van der Waals surface area contributed by atoms with Crippen molar-refractivity contribution in [2.45, 2.75) is 50.7 Å². The molecule has 3 aromatic rings. The lowest BCUT2D eigenvalue weighted by molar-refractivity contribution is 0.374. The summed E-state index contributed by atoms with van der Waals surface area (Å²) in [6, 6.07) is 11.2. The maximum Gasteiger partial charge on any atom is 0.318 e. The van der Waals surface area contributed by atoms with Crippen molar-refractivity contribution < 1.29 is 9.84 Å². The first kappa shape index (κ1) is 24.5. The molecule has 2 unspecified atom stereocenters. The first-order valence-electron chi connectivity index (χ1n) is 13.4. The lowest BCUT2D eigenvalue weighted by atomic mass is 10.0. The van der Waals surface area contributed by atoms with Gasteiger partial charge in [0.2, 0.25) is 0 Å². The summed E-state index contributed by atoms with van der Waals surface area (Å²) < 4.78 is 5.49. The predicted molar refractivity (Wildman–Crippen MR) is 148 cm³/mol. The Kier molecular flexibility index (Phi) is 6.97. The van der Waals surface area contributed by atoms with Crippen LogP contribution in [0.25, 0.3) is 10.8 Å². The Hall–Kier alpha value is -2.81. The molecule has 9 heteroatoms. The van der Waals surface area contributed by atoms with Crippen LogP contribution in [-0.4, -0.2) is 67.0 Å². The van der Waals surface area contributed by atoms with Gasteiger partial charge in [0, 0.05) is 59.8 Å². The number of methoxy groups -OCH3 is 1. The fourth-order valence-corrected chi connectivity index (χ4v) is 6.33. The molecule has 1 aromatic heterocycles. The smallest absolute Gasteiger partial charge is 0.318 e. The SMILES string of the molecule is C1CCNC1.COc1nc2c(c(N3CC4CCC(C3)N4)n1)CCN(c1cc(O)c(Cl)c3ccccc13)C2. The van der Waals surface area contributed by atoms with Gasteiger partial charge < -0.3 is 30.3 Å². The topological polar surface area (TPSA) is 85.8 Å². The third-order valence-electron chi connectivity index (χ3n) is 7.96. The van der Waals surface area contributed by atoms with Crippen molar-refractivity contribution in [3.05, 3.63) is 46.6 Å². The van der Waals surface area contributed by atoms with Gasteiger partial charge in [-0.25, -0.2) is 0 Å². The van der Waals surface area contributed by atoms with Gasteiger partial charge in [0.25, 0.3) is 0 Å². The van der Waals surface area contributed by atoms with Gasteiger partial charge in [-0.15, -0.1) is 0 Å². The Labute approximate surface area is 223 Å². The van der Waals surface area contributed by atoms with E-state index >= 15 is 0 Å². The van der Waals surface area contributed by atoms with Crippen LogP contribution in [0.2, 0.25) is 5.02 Å². The lowest BCUT2D eigenvalue weighted by Gasteiger charge is -2.37. The molecule has 3 saturated heterocycles. The van der Waals surface area contributed by atoms with Crippen LogP contribution in [0, 0.1) is 0 Å². The Morgan fingerprint density at radius 2 is 1.76 bits per heavy atom. The Bertz CT molecular complexity index is 1260. The summed E-state index contributed by atoms with van der Waals surface area (Å²) in [4.78, 5) is 14.2. The molecule has 0 amide bonds. The summed E-state index contributed by atoms with van der Waals surface area (Å²) in [5.74, 6) is 1.12. The number of aromatic hydroxyl groups is 1. The van der Waals surface area contributed by atoms with E-state index in [-0.39, 0.29) is 5.75 Å². The number of phenolic OH excluding ortho intramolecular Hbond substituents is 1. The molecular weight excluding hydrogens is 488 g/mol. The number of phenols is 1. The van der Waals surface area contributed by atoms with Crippen molar-refractivity contribution >= 4 is 33.9 Å². The highest BCUT2D eigenvalue weighted by molar-refractivity contribution is 6.37. The molecule has 8 nitrogen and oxygen atoms in total. The number of nitrogens with zero attached hydrogens (tertiary/aromatic N) is 4. The lowest BCUT2D eigenvalue weighted by Crippen LogP contribution is -2.52. The summed E-state index contributed by atoms with van der Waals surface area (Å²) in [5.41, 5.74) is 3.17. The molecule has 196 valence electrons. The molecule has 5 heterocycles. The molecule has 2 bridgehead atoms. The number of hydrogen-bond donors (Lipinski definition) is 3. The molecule has 4 aliphatic rings. The standard InChI is InChI=1S/C24H26ClN5O2.C4H9N/c1-32-24-27-19-13-29(20-10-21(31)22(25)17-5-3-2-4-16(17)20)9-8-18(19)23(28-24)30-11-14-6-7-15(12-30)26-14;1-2-4-5-3-1/h2-5,10,14-15,26,31H,6-9,11-13H2,1H3;5H,1-4H2. The summed E-state index contributed by atoms with van der Waals surface area (Å²) in [6.45, 7) is 5.90. The molecule has 37 heavy (non-hydrogen) atoms. The largest absolute Gasteiger partial charge is 0.506 e. The zero-order valence-corrected chi connectivity index (χ0v) is 22.1. The number of piperazine rings is 1. The van der Waals surface area contributed by atoms with Gasteiger partial charge in [0.15, 0.2) is 0 Å². The van der Waals surface area contributed by atoms with Gasteiger partial charge >= 0.3 is 6.01 Å². The highest BCUT2D eigenvalue weighted by Crippen LogP contribution is 2.41. The molecule has 0 spiro atoms. The van der Waals surface area contributed by atoms with E-state index in [1.807, 2.05) is 24.3 Å². The van der Waals surface area contributed by atoms with Gasteiger partial charge in [-0.2, -0.15) is 9.97 Å². The first-order chi connectivity index (χ1) is 18.1. The second kappa shape index (κ2) is 10.5. The van der Waals surface area contributed by atoms with E-state index in [0.29, 0.717) is 29.7 Å². The van der Waals surface area contributed by atoms with E-state index in [1.54, 1.807) is 13.2 Å². The zero-order chi connectivity index (χ0) is 25.4. The second-order valence-electron chi connectivity index (χ2n) is 10.4. The molecule has 0 aliphatic carbocycles. The van der Waals surface area contributed by atoms with Gasteiger partial charge in [-0.1, -0.05) is 35.9 Å². The van der Waals surface area contributed by atoms with E-state index in [0.717, 1.165) is 54.0 Å². The number of anilines is 2. The molecule has 3 fully saturated rings. The van der Waals surface area contributed by atoms with E-state index in [2.05, 4.69) is 20.4 Å². The van der Waals surface area contributed by atoms with E-state index in [9.17, 15) is 5.11 Å². The van der Waals surface area contributed by atoms with Gasteiger partial charge in [0.1, 0.15) is 11.6 Å². The number of rotatable bonds is 3. The highest BCUT2D eigenvalue weighted by Gasteiger charge is 2.35. The number of hydrogen-bond acceptors (Lipinski definition) is 8. The molecule has 7 rings (SSSR count). The minimum Gasteiger partial charge on any atom is -0.506 e. The fourth-order valence-electron chi connectivity index (χ4n) is 6.11. The van der Waals surface area contributed by atoms with Crippen LogP contribution in [0.4, 0.5) is 11.5 Å². The maximum atomic E-state index is 10.5. The molecule has 0 saturated carbocycles. The first-order valence-corrected chi connectivity index (χ1v) is 13.8. The average molecular weight is 523 g/mol. The van der Waals surface area contributed by atoms with Crippen molar-refractivity contribution in [2.24, 2.45) is 0 Å². The molecule has 3 N–H and O–H groups in total. The second-order valence-corrected chi connectivity index (χ2v) is 10.8. The van der Waals surface area contributed by atoms with Crippen LogP contribution in [0.5, 0.6) is 11.8 Å². The number of ether oxygens (including phenoxy) is 1. The van der Waals surface area contributed by atoms with Crippen molar-refractivity contribution in [3.63, 3.8) is 0 Å². The van der Waals surface area contributed by atoms with Crippen molar-refractivity contribution in [1.82, 2.24) is 20.6 Å². The summed E-state index contributed by atoms with van der Waals surface area (Å²) in [6.07, 6.45) is 6.07. The highest BCUT2D eigenvalue weighted by atomic mass is 35.5. The molecule has 2 aromatic carbocycles. The third kappa shape index (κ3) is 4.90. The molecule has 0 radical (unpaired) electrons. The molecule has 2 atom stereocenters. The number of fused-ring (bicyclic) bond motifs is 4. The number of aromatic nitrogens is 2. The molecule has 4 aliphatic heterocycles. The minimum absolute atomic E-state index is 0.100. The van der Waals surface area contributed by atoms with Crippen molar-refractivity contribution in [1.29, 1.82) is 0 Å². The van der Waals surface area contributed by atoms with Crippen LogP contribution in [-0.2, 0) is 13.0 Å². The van der Waals surface area contributed by atoms with Crippen LogP contribution < -0.4 is 25.2 Å². The predicted octanol–water partition coefficient (Wildman–Crippen LogP) is 3.87. The molecular formula is C28H35ClN6O2. The maximum absolute atomic E-state index is 10.5. The summed E-state index contributed by atoms with van der Waals surface area (Å²) >= 11 is 6.38. The zero-order valence-electron chi connectivity index (χ0n) is 21.3. The van der Waals surface area contributed by atoms with Crippen LogP contribution in [0.1, 0.15) is 36.9 Å². The van der Waals surface area contributed by atoms with Gasteiger partial charge in [-0.3, -0.25) is 0 Å². The van der Waals surface area contributed by atoms with Gasteiger partial charge in [0.05, 0.1) is 24.4 Å². The Morgan fingerprint density at radius 1 is 1.03 bits per heavy atom. The van der Waals surface area contributed by atoms with Crippen LogP contribution in [0.3, 0.4) is 0 Å². The Balaban J connectivity index is 0.000000453. The third-order valence-corrected chi connectivity index (χ3v) is 8.35.